The molecule has 0 aromatic carbocycles. The van der Waals surface area contributed by atoms with Gasteiger partial charge in [0.25, 0.3) is 0 Å². The fraction of sp³-hybridized carbons (Fsp3) is 0.979. The first-order valence-electron chi connectivity index (χ1n) is 24.0. The smallest absolute Gasteiger partial charge is 0.313 e. The van der Waals surface area contributed by atoms with Gasteiger partial charge in [0.2, 0.25) is 0 Å². The number of rotatable bonds is 8. The van der Waals surface area contributed by atoms with Gasteiger partial charge in [0.15, 0.2) is 0 Å². The lowest BCUT2D eigenvalue weighted by molar-refractivity contribution is -0.300. The number of carbonyl (C=O) groups is 1. The van der Waals surface area contributed by atoms with Crippen LogP contribution in [0.15, 0.2) is 0 Å². The largest absolute Gasteiger partial charge is 0.469 e. The summed E-state index contributed by atoms with van der Waals surface area (Å²) in [5.41, 5.74) is -3.76. The van der Waals surface area contributed by atoms with E-state index in [9.17, 15) is 15.3 Å². The molecule has 9 aliphatic rings. The number of hydrogen-bond acceptors (Lipinski definition) is 11. The molecule has 0 aromatic heterocycles. The molecule has 3 aliphatic carbocycles. The maximum absolute atomic E-state index is 15.5. The Kier molecular flexibility index (Phi) is 11.1. The Bertz CT molecular complexity index is 1530. The van der Waals surface area contributed by atoms with E-state index in [4.69, 9.17) is 14.2 Å². The van der Waals surface area contributed by atoms with Crippen LogP contribution in [0, 0.1) is 45.8 Å². The van der Waals surface area contributed by atoms with Gasteiger partial charge in [-0.1, -0.05) is 26.7 Å². The van der Waals surface area contributed by atoms with Gasteiger partial charge in [-0.25, -0.2) is 0 Å². The number of piperidine rings is 2. The van der Waals surface area contributed by atoms with E-state index in [-0.39, 0.29) is 70.9 Å². The monoisotopic (exact) mass is 813 g/mol. The summed E-state index contributed by atoms with van der Waals surface area (Å²) in [6.07, 6.45) is 11.6. The van der Waals surface area contributed by atoms with Crippen LogP contribution in [0.3, 0.4) is 0 Å². The Morgan fingerprint density at radius 2 is 1.67 bits per heavy atom. The highest BCUT2D eigenvalue weighted by Gasteiger charge is 2.82. The van der Waals surface area contributed by atoms with Gasteiger partial charge in [-0.3, -0.25) is 14.6 Å². The van der Waals surface area contributed by atoms with Crippen LogP contribution in [0.1, 0.15) is 125 Å². The molecule has 6 saturated heterocycles. The Morgan fingerprint density at radius 3 is 2.36 bits per heavy atom. The maximum atomic E-state index is 15.5. The average molecular weight is 813 g/mol. The minimum Gasteiger partial charge on any atom is -0.469 e. The zero-order valence-electron chi connectivity index (χ0n) is 37.3. The van der Waals surface area contributed by atoms with Crippen molar-refractivity contribution >= 4 is 5.97 Å². The first-order chi connectivity index (χ1) is 27.7. The first-order valence-corrected chi connectivity index (χ1v) is 24.0. The molecule has 0 radical (unpaired) electrons. The van der Waals surface area contributed by atoms with E-state index >= 15 is 4.79 Å². The standard InChI is InChI=1S/C47H80N4O7/c1-9-43(54)24-30-25-46(42(53)57-8,38-32(16-20-50(26-30)27-43)31-14-11-12-15-35(31)48-38)34-22-33-36(23-37(34)56-7)49(6)40-45(33)18-21-51-19-13-17-44(10-2,39(45)51)41(58-28(3)4)47(40,55)29(5)52/h28-41,48,52,54-55H,9-27H2,1-8H3/t29?,30?,31?,32?,33?,34?,35?,36?,37?,38?,39?,40?,41-,43+,44-,45?,46+,47-/m1/s1. The summed E-state index contributed by atoms with van der Waals surface area (Å²) < 4.78 is 19.9. The summed E-state index contributed by atoms with van der Waals surface area (Å²) in [5.74, 6) is 0.969. The number of aliphatic hydroxyl groups is 3. The van der Waals surface area contributed by atoms with Crippen molar-refractivity contribution in [1.29, 1.82) is 0 Å². The van der Waals surface area contributed by atoms with Gasteiger partial charge in [0, 0.05) is 61.1 Å². The number of fused-ring (bicyclic) bond motifs is 6. The van der Waals surface area contributed by atoms with E-state index in [1.807, 2.05) is 7.11 Å². The number of likely N-dealkylation sites (tertiary alicyclic amines) is 1. The minimum absolute atomic E-state index is 0.0380. The van der Waals surface area contributed by atoms with Crippen molar-refractivity contribution in [2.75, 3.05) is 54.0 Å². The second-order valence-electron chi connectivity index (χ2n) is 22.0. The summed E-state index contributed by atoms with van der Waals surface area (Å²) in [6, 6.07) is 0.362. The predicted octanol–water partition coefficient (Wildman–Crippen LogP) is 4.44. The molecule has 9 fully saturated rings. The molecule has 6 heterocycles. The zero-order chi connectivity index (χ0) is 41.2. The van der Waals surface area contributed by atoms with E-state index in [1.54, 1.807) is 14.0 Å². The fourth-order valence-electron chi connectivity index (χ4n) is 17.7. The fourth-order valence-corrected chi connectivity index (χ4v) is 17.7. The van der Waals surface area contributed by atoms with E-state index in [0.717, 1.165) is 77.5 Å². The van der Waals surface area contributed by atoms with Gasteiger partial charge in [-0.15, -0.1) is 0 Å². The van der Waals surface area contributed by atoms with Crippen molar-refractivity contribution in [3.05, 3.63) is 0 Å². The molecule has 2 bridgehead atoms. The minimum atomic E-state index is -1.49. The molecule has 19 atom stereocenters. The number of hydrogen-bond donors (Lipinski definition) is 4. The molecule has 14 unspecified atom stereocenters. The van der Waals surface area contributed by atoms with Gasteiger partial charge in [0.05, 0.1) is 48.6 Å². The number of nitrogens with one attached hydrogen (secondary N) is 1. The topological polar surface area (TPSA) is 127 Å². The highest BCUT2D eigenvalue weighted by Crippen LogP contribution is 2.73. The number of aliphatic hydroxyl groups excluding tert-OH is 1. The van der Waals surface area contributed by atoms with Crippen molar-refractivity contribution in [2.24, 2.45) is 45.8 Å². The van der Waals surface area contributed by atoms with Crippen molar-refractivity contribution < 1.29 is 34.3 Å². The first kappa shape index (κ1) is 42.4. The van der Waals surface area contributed by atoms with Crippen LogP contribution in [-0.4, -0.2) is 156 Å². The van der Waals surface area contributed by atoms with Gasteiger partial charge >= 0.3 is 5.97 Å². The lowest BCUT2D eigenvalue weighted by Crippen LogP contribution is -2.81. The number of methoxy groups -OCH3 is 2. The lowest BCUT2D eigenvalue weighted by atomic mass is 9.43. The molecule has 4 N–H and O–H groups in total. The second kappa shape index (κ2) is 15.1. The molecule has 0 aromatic rings. The third kappa shape index (κ3) is 5.78. The van der Waals surface area contributed by atoms with Crippen LogP contribution in [0.4, 0.5) is 0 Å². The highest BCUT2D eigenvalue weighted by atomic mass is 16.5. The normalized spacial score (nSPS) is 53.3. The van der Waals surface area contributed by atoms with Crippen LogP contribution < -0.4 is 5.32 Å². The number of esters is 1. The van der Waals surface area contributed by atoms with E-state index in [2.05, 4.69) is 54.8 Å². The third-order valence-corrected chi connectivity index (χ3v) is 19.5. The van der Waals surface area contributed by atoms with Gasteiger partial charge < -0.3 is 39.7 Å². The van der Waals surface area contributed by atoms with E-state index in [1.165, 1.54) is 19.3 Å². The van der Waals surface area contributed by atoms with Crippen molar-refractivity contribution in [3.8, 4) is 0 Å². The second-order valence-corrected chi connectivity index (χ2v) is 22.0. The summed E-state index contributed by atoms with van der Waals surface area (Å²) in [4.78, 5) is 23.3. The molecule has 9 rings (SSSR count). The molecule has 58 heavy (non-hydrogen) atoms. The van der Waals surface area contributed by atoms with Crippen molar-refractivity contribution in [1.82, 2.24) is 20.0 Å². The molecule has 3 saturated carbocycles. The SMILES string of the molecule is CC[C@]1(O)CC2CN(CCC3C4CCCCC4NC3[C@@](C(=O)OC)(C3CC4C(CC3OC)N(C)C3C45CCN4CCC[C@](CC)(C45)[C@@H](OC(C)C)[C@@]3(O)C(C)O)C2)C1. The average Bonchev–Trinajstić information content (AvgIpc) is 3.87. The van der Waals surface area contributed by atoms with E-state index < -0.39 is 28.8 Å². The molecule has 6 aliphatic heterocycles. The zero-order valence-corrected chi connectivity index (χ0v) is 37.3. The number of ether oxygens (including phenoxy) is 3. The summed E-state index contributed by atoms with van der Waals surface area (Å²) in [5, 5.41) is 42.1. The van der Waals surface area contributed by atoms with Gasteiger partial charge in [-0.05, 0) is 148 Å². The predicted molar refractivity (Wildman–Crippen MR) is 223 cm³/mol. The van der Waals surface area contributed by atoms with Gasteiger partial charge in [-0.2, -0.15) is 0 Å². The van der Waals surface area contributed by atoms with Crippen LogP contribution in [0.25, 0.3) is 0 Å². The number of likely N-dealkylation sites (N-methyl/N-ethyl adjacent to an activating group) is 1. The van der Waals surface area contributed by atoms with Gasteiger partial charge in [0.1, 0.15) is 5.60 Å². The summed E-state index contributed by atoms with van der Waals surface area (Å²) >= 11 is 0. The van der Waals surface area contributed by atoms with Crippen molar-refractivity contribution in [3.63, 3.8) is 0 Å². The molecule has 11 nitrogen and oxygen atoms in total. The Labute approximate surface area is 349 Å². The highest BCUT2D eigenvalue weighted by molar-refractivity contribution is 5.79. The number of carbonyl (C=O) groups excluding carboxylic acids is 1. The summed E-state index contributed by atoms with van der Waals surface area (Å²) in [6.45, 7) is 15.0. The van der Waals surface area contributed by atoms with Crippen molar-refractivity contribution in [2.45, 2.75) is 190 Å². The molecular formula is C47H80N4O7. The molecular weight excluding hydrogens is 733 g/mol. The Morgan fingerprint density at radius 1 is 0.897 bits per heavy atom. The molecule has 0 amide bonds. The van der Waals surface area contributed by atoms with Crippen LogP contribution in [-0.2, 0) is 19.0 Å². The van der Waals surface area contributed by atoms with Crippen LogP contribution in [0.5, 0.6) is 0 Å². The Hall–Kier alpha value is -0.890. The van der Waals surface area contributed by atoms with Crippen LogP contribution in [0.2, 0.25) is 0 Å². The maximum Gasteiger partial charge on any atom is 0.313 e. The molecule has 1 spiro atoms. The third-order valence-electron chi connectivity index (χ3n) is 19.5. The van der Waals surface area contributed by atoms with E-state index in [0.29, 0.717) is 43.7 Å². The lowest BCUT2D eigenvalue weighted by Gasteiger charge is -2.68. The Balaban J connectivity index is 1.22. The molecule has 330 valence electrons. The van der Waals surface area contributed by atoms with Crippen LogP contribution >= 0.6 is 0 Å². The molecule has 11 heteroatoms. The quantitative estimate of drug-likeness (QED) is 0.260. The number of nitrogens with zero attached hydrogens (tertiary/aromatic N) is 3. The summed E-state index contributed by atoms with van der Waals surface area (Å²) in [7, 11) is 5.68.